The number of esters is 1. The van der Waals surface area contributed by atoms with E-state index in [1.54, 1.807) is 6.07 Å². The number of hydrogen-bond donors (Lipinski definition) is 2. The first kappa shape index (κ1) is 14.5. The zero-order valence-electron chi connectivity index (χ0n) is 9.90. The Morgan fingerprint density at radius 1 is 1.44 bits per heavy atom. The number of carbonyl (C=O) groups is 2. The molecule has 0 radical (unpaired) electrons. The Labute approximate surface area is 113 Å². The molecule has 0 saturated carbocycles. The number of ether oxygens (including phenoxy) is 1. The summed E-state index contributed by atoms with van der Waals surface area (Å²) in [6.45, 7) is 0.351. The van der Waals surface area contributed by atoms with E-state index in [-0.39, 0.29) is 29.6 Å². The summed E-state index contributed by atoms with van der Waals surface area (Å²) >= 11 is 3.19. The Bertz CT molecular complexity index is 448. The molecule has 1 amide bonds. The number of rotatable bonds is 5. The first-order valence-corrected chi connectivity index (χ1v) is 6.17. The summed E-state index contributed by atoms with van der Waals surface area (Å²) < 4.78 is 5.17. The van der Waals surface area contributed by atoms with Gasteiger partial charge in [-0.2, -0.15) is 0 Å². The number of benzene rings is 1. The molecule has 0 bridgehead atoms. The van der Waals surface area contributed by atoms with E-state index in [9.17, 15) is 14.7 Å². The summed E-state index contributed by atoms with van der Waals surface area (Å²) in [5, 5.41) is 12.2. The molecule has 0 atom stereocenters. The van der Waals surface area contributed by atoms with E-state index in [4.69, 9.17) is 0 Å². The summed E-state index contributed by atoms with van der Waals surface area (Å²) in [5.74, 6) is -0.768. The van der Waals surface area contributed by atoms with Crippen LogP contribution in [0.4, 0.5) is 0 Å². The summed E-state index contributed by atoms with van der Waals surface area (Å²) in [6.07, 6.45) is 0.749. The molecule has 0 unspecified atom stereocenters. The molecule has 2 N–H and O–H groups in total. The summed E-state index contributed by atoms with van der Waals surface area (Å²) in [7, 11) is 1.32. The molecule has 0 fully saturated rings. The number of phenols is 1. The standard InChI is InChI=1S/C12H14BrNO4/c1-18-11(16)3-2-6-14-12(17)9-5-4-8(13)7-10(9)15/h4-5,7,15H,2-3,6H2,1H3,(H,14,17). The van der Waals surface area contributed by atoms with Crippen molar-refractivity contribution in [1.82, 2.24) is 5.32 Å². The van der Waals surface area contributed by atoms with Crippen molar-refractivity contribution >= 4 is 27.8 Å². The maximum absolute atomic E-state index is 11.7. The lowest BCUT2D eigenvalue weighted by Gasteiger charge is -2.06. The predicted molar refractivity (Wildman–Crippen MR) is 69.4 cm³/mol. The second-order valence-electron chi connectivity index (χ2n) is 3.60. The van der Waals surface area contributed by atoms with E-state index in [1.807, 2.05) is 0 Å². The van der Waals surface area contributed by atoms with Crippen molar-refractivity contribution in [2.75, 3.05) is 13.7 Å². The lowest BCUT2D eigenvalue weighted by atomic mass is 10.2. The number of carbonyl (C=O) groups excluding carboxylic acids is 2. The molecule has 0 aliphatic heterocycles. The Kier molecular flexibility index (Phi) is 5.64. The third kappa shape index (κ3) is 4.37. The number of methoxy groups -OCH3 is 1. The highest BCUT2D eigenvalue weighted by Gasteiger charge is 2.10. The molecule has 18 heavy (non-hydrogen) atoms. The van der Waals surface area contributed by atoms with Gasteiger partial charge in [0.15, 0.2) is 0 Å². The fourth-order valence-electron chi connectivity index (χ4n) is 1.33. The highest BCUT2D eigenvalue weighted by Crippen LogP contribution is 2.21. The van der Waals surface area contributed by atoms with Crippen LogP contribution in [0.1, 0.15) is 23.2 Å². The van der Waals surface area contributed by atoms with Crippen molar-refractivity contribution in [1.29, 1.82) is 0 Å². The van der Waals surface area contributed by atoms with Crippen LogP contribution < -0.4 is 5.32 Å². The van der Waals surface area contributed by atoms with Crippen molar-refractivity contribution in [3.63, 3.8) is 0 Å². The Balaban J connectivity index is 2.43. The molecule has 98 valence electrons. The number of halogens is 1. The Hall–Kier alpha value is -1.56. The van der Waals surface area contributed by atoms with Crippen LogP contribution in [0.3, 0.4) is 0 Å². The van der Waals surface area contributed by atoms with Gasteiger partial charge in [0.05, 0.1) is 12.7 Å². The predicted octanol–water partition coefficient (Wildman–Crippen LogP) is 1.84. The lowest BCUT2D eigenvalue weighted by molar-refractivity contribution is -0.140. The molecule has 0 aliphatic rings. The minimum Gasteiger partial charge on any atom is -0.507 e. The van der Waals surface area contributed by atoms with Crippen molar-refractivity contribution in [2.45, 2.75) is 12.8 Å². The third-order valence-electron chi connectivity index (χ3n) is 2.28. The van der Waals surface area contributed by atoms with Gasteiger partial charge in [-0.3, -0.25) is 9.59 Å². The van der Waals surface area contributed by atoms with Crippen molar-refractivity contribution in [3.8, 4) is 5.75 Å². The number of hydrogen-bond acceptors (Lipinski definition) is 4. The first-order valence-electron chi connectivity index (χ1n) is 5.38. The minimum absolute atomic E-state index is 0.0881. The SMILES string of the molecule is COC(=O)CCCNC(=O)c1ccc(Br)cc1O. The second kappa shape index (κ2) is 7.00. The fraction of sp³-hybridized carbons (Fsp3) is 0.333. The topological polar surface area (TPSA) is 75.6 Å². The van der Waals surface area contributed by atoms with Gasteiger partial charge in [-0.25, -0.2) is 0 Å². The fourth-order valence-corrected chi connectivity index (χ4v) is 1.68. The molecule has 1 aromatic rings. The molecular weight excluding hydrogens is 302 g/mol. The van der Waals surface area contributed by atoms with Crippen LogP contribution in [0.25, 0.3) is 0 Å². The Morgan fingerprint density at radius 3 is 2.78 bits per heavy atom. The number of amides is 1. The summed E-state index contributed by atoms with van der Waals surface area (Å²) in [6, 6.07) is 4.64. The van der Waals surface area contributed by atoms with E-state index >= 15 is 0 Å². The van der Waals surface area contributed by atoms with Gasteiger partial charge in [-0.05, 0) is 24.6 Å². The van der Waals surface area contributed by atoms with Crippen LogP contribution in [-0.4, -0.2) is 30.6 Å². The van der Waals surface area contributed by atoms with Crippen molar-refractivity contribution < 1.29 is 19.4 Å². The maximum atomic E-state index is 11.7. The first-order chi connectivity index (χ1) is 8.54. The number of aromatic hydroxyl groups is 1. The molecule has 1 aromatic carbocycles. The quantitative estimate of drug-likeness (QED) is 0.642. The molecule has 6 heteroatoms. The van der Waals surface area contributed by atoms with Gasteiger partial charge in [0.1, 0.15) is 5.75 Å². The summed E-state index contributed by atoms with van der Waals surface area (Å²) in [4.78, 5) is 22.5. The van der Waals surface area contributed by atoms with Gasteiger partial charge in [0, 0.05) is 17.4 Å². The van der Waals surface area contributed by atoms with Gasteiger partial charge < -0.3 is 15.2 Å². The van der Waals surface area contributed by atoms with Gasteiger partial charge in [-0.1, -0.05) is 15.9 Å². The molecule has 0 aromatic heterocycles. The monoisotopic (exact) mass is 315 g/mol. The zero-order chi connectivity index (χ0) is 13.5. The van der Waals surface area contributed by atoms with Crippen LogP contribution in [-0.2, 0) is 9.53 Å². The molecule has 0 aliphatic carbocycles. The average molecular weight is 316 g/mol. The largest absolute Gasteiger partial charge is 0.507 e. The van der Waals surface area contributed by atoms with Gasteiger partial charge >= 0.3 is 5.97 Å². The van der Waals surface area contributed by atoms with Crippen LogP contribution >= 0.6 is 15.9 Å². The average Bonchev–Trinajstić information content (AvgIpc) is 2.34. The van der Waals surface area contributed by atoms with E-state index in [1.165, 1.54) is 19.2 Å². The van der Waals surface area contributed by atoms with E-state index in [0.29, 0.717) is 17.4 Å². The van der Waals surface area contributed by atoms with Crippen LogP contribution in [0.2, 0.25) is 0 Å². The normalized spacial score (nSPS) is 9.89. The highest BCUT2D eigenvalue weighted by atomic mass is 79.9. The third-order valence-corrected chi connectivity index (χ3v) is 2.77. The van der Waals surface area contributed by atoms with Crippen LogP contribution in [0.5, 0.6) is 5.75 Å². The van der Waals surface area contributed by atoms with E-state index in [2.05, 4.69) is 26.0 Å². The zero-order valence-corrected chi connectivity index (χ0v) is 11.5. The maximum Gasteiger partial charge on any atom is 0.305 e. The van der Waals surface area contributed by atoms with Gasteiger partial charge in [0.2, 0.25) is 0 Å². The molecule has 0 spiro atoms. The molecule has 5 nitrogen and oxygen atoms in total. The van der Waals surface area contributed by atoms with E-state index < -0.39 is 0 Å². The van der Waals surface area contributed by atoms with Crippen LogP contribution in [0.15, 0.2) is 22.7 Å². The van der Waals surface area contributed by atoms with Gasteiger partial charge in [-0.15, -0.1) is 0 Å². The van der Waals surface area contributed by atoms with Crippen molar-refractivity contribution in [3.05, 3.63) is 28.2 Å². The molecular formula is C12H14BrNO4. The second-order valence-corrected chi connectivity index (χ2v) is 4.51. The lowest BCUT2D eigenvalue weighted by Crippen LogP contribution is -2.25. The molecule has 0 saturated heterocycles. The smallest absolute Gasteiger partial charge is 0.305 e. The number of nitrogens with one attached hydrogen (secondary N) is 1. The number of phenolic OH excluding ortho intramolecular Hbond substituents is 1. The van der Waals surface area contributed by atoms with Gasteiger partial charge in [0.25, 0.3) is 5.91 Å². The van der Waals surface area contributed by atoms with Crippen molar-refractivity contribution in [2.24, 2.45) is 0 Å². The molecule has 0 heterocycles. The van der Waals surface area contributed by atoms with Crippen LogP contribution in [0, 0.1) is 0 Å². The summed E-state index contributed by atoms with van der Waals surface area (Å²) in [5.41, 5.74) is 0.205. The molecule has 1 rings (SSSR count). The Morgan fingerprint density at radius 2 is 2.17 bits per heavy atom. The highest BCUT2D eigenvalue weighted by molar-refractivity contribution is 9.10. The van der Waals surface area contributed by atoms with E-state index in [0.717, 1.165) is 0 Å². The minimum atomic E-state index is -0.370.